The van der Waals surface area contributed by atoms with Crippen LogP contribution in [0.4, 0.5) is 0 Å². The Labute approximate surface area is 137 Å². The third kappa shape index (κ3) is 2.83. The maximum absolute atomic E-state index is 4.97. The molecule has 0 fully saturated rings. The summed E-state index contributed by atoms with van der Waals surface area (Å²) in [6.07, 6.45) is 3.07. The van der Waals surface area contributed by atoms with E-state index in [0.29, 0.717) is 5.92 Å². The molecule has 0 aliphatic carbocycles. The maximum atomic E-state index is 4.97. The Morgan fingerprint density at radius 1 is 0.652 bits per heavy atom. The molecule has 0 amide bonds. The van der Waals surface area contributed by atoms with Gasteiger partial charge < -0.3 is 0 Å². The van der Waals surface area contributed by atoms with Crippen LogP contribution in [0.2, 0.25) is 0 Å². The van der Waals surface area contributed by atoms with Crippen molar-refractivity contribution in [2.45, 2.75) is 18.4 Å². The van der Waals surface area contributed by atoms with Gasteiger partial charge in [-0.15, -0.1) is 0 Å². The van der Waals surface area contributed by atoms with E-state index in [2.05, 4.69) is 91.1 Å². The topological polar surface area (TPSA) is 12.4 Å². The third-order valence-electron chi connectivity index (χ3n) is 4.62. The zero-order valence-corrected chi connectivity index (χ0v) is 13.0. The SMILES string of the molecule is C1=N[C@@H](c2ccccc2)[C@@H](c2ccccc2)Cc2ccccc21. The summed E-state index contributed by atoms with van der Waals surface area (Å²) in [4.78, 5) is 4.97. The van der Waals surface area contributed by atoms with E-state index in [4.69, 9.17) is 4.99 Å². The van der Waals surface area contributed by atoms with Crippen molar-refractivity contribution in [3.05, 3.63) is 107 Å². The predicted octanol–water partition coefficient (Wildman–Crippen LogP) is 5.19. The van der Waals surface area contributed by atoms with Gasteiger partial charge in [0, 0.05) is 12.1 Å². The predicted molar refractivity (Wildman–Crippen MR) is 96.1 cm³/mol. The summed E-state index contributed by atoms with van der Waals surface area (Å²) in [5.41, 5.74) is 5.26. The Kier molecular flexibility index (Phi) is 3.77. The van der Waals surface area contributed by atoms with Crippen molar-refractivity contribution in [2.75, 3.05) is 0 Å². The van der Waals surface area contributed by atoms with Crippen LogP contribution in [0, 0.1) is 0 Å². The Bertz CT molecular complexity index is 806. The molecule has 0 saturated carbocycles. The second-order valence-electron chi connectivity index (χ2n) is 6.05. The number of benzene rings is 3. The molecule has 3 aromatic rings. The summed E-state index contributed by atoms with van der Waals surface area (Å²) < 4.78 is 0. The van der Waals surface area contributed by atoms with Gasteiger partial charge in [0.2, 0.25) is 0 Å². The minimum absolute atomic E-state index is 0.158. The molecule has 23 heavy (non-hydrogen) atoms. The lowest BCUT2D eigenvalue weighted by molar-refractivity contribution is 0.560. The zero-order chi connectivity index (χ0) is 15.5. The number of rotatable bonds is 2. The van der Waals surface area contributed by atoms with Gasteiger partial charge in [0.15, 0.2) is 0 Å². The molecule has 2 atom stereocenters. The Morgan fingerprint density at radius 2 is 1.26 bits per heavy atom. The molecular formula is C22H19N. The van der Waals surface area contributed by atoms with Crippen LogP contribution >= 0.6 is 0 Å². The van der Waals surface area contributed by atoms with Crippen molar-refractivity contribution in [2.24, 2.45) is 4.99 Å². The molecule has 4 rings (SSSR count). The van der Waals surface area contributed by atoms with Crippen LogP contribution in [0.15, 0.2) is 89.9 Å². The third-order valence-corrected chi connectivity index (χ3v) is 4.62. The van der Waals surface area contributed by atoms with Crippen LogP contribution in [0.25, 0.3) is 0 Å². The highest BCUT2D eigenvalue weighted by Crippen LogP contribution is 2.38. The van der Waals surface area contributed by atoms with Crippen molar-refractivity contribution in [3.8, 4) is 0 Å². The summed E-state index contributed by atoms with van der Waals surface area (Å²) >= 11 is 0. The summed E-state index contributed by atoms with van der Waals surface area (Å²) in [5, 5.41) is 0. The van der Waals surface area contributed by atoms with Crippen LogP contribution in [0.1, 0.15) is 34.2 Å². The molecule has 0 aromatic heterocycles. The highest BCUT2D eigenvalue weighted by Gasteiger charge is 2.26. The normalized spacial score (nSPS) is 19.8. The molecule has 0 N–H and O–H groups in total. The summed E-state index contributed by atoms with van der Waals surface area (Å²) in [6.45, 7) is 0. The van der Waals surface area contributed by atoms with Gasteiger partial charge in [-0.1, -0.05) is 84.9 Å². The fourth-order valence-electron chi connectivity index (χ4n) is 3.43. The van der Waals surface area contributed by atoms with E-state index in [9.17, 15) is 0 Å². The van der Waals surface area contributed by atoms with Crippen molar-refractivity contribution < 1.29 is 0 Å². The largest absolute Gasteiger partial charge is 0.284 e. The van der Waals surface area contributed by atoms with Crippen molar-refractivity contribution >= 4 is 6.21 Å². The second-order valence-corrected chi connectivity index (χ2v) is 6.05. The first-order chi connectivity index (χ1) is 11.4. The minimum Gasteiger partial charge on any atom is -0.284 e. The Balaban J connectivity index is 1.82. The lowest BCUT2D eigenvalue weighted by Crippen LogP contribution is -2.11. The van der Waals surface area contributed by atoms with E-state index in [1.807, 2.05) is 0 Å². The molecule has 1 aliphatic rings. The molecule has 1 nitrogen and oxygen atoms in total. The average molecular weight is 297 g/mol. The number of aliphatic imine (C=N–C) groups is 1. The highest BCUT2D eigenvalue weighted by atomic mass is 14.8. The molecule has 3 aromatic carbocycles. The summed E-state index contributed by atoms with van der Waals surface area (Å²) in [5.74, 6) is 0.360. The van der Waals surface area contributed by atoms with E-state index in [0.717, 1.165) is 6.42 Å². The Morgan fingerprint density at radius 3 is 2.00 bits per heavy atom. The molecule has 112 valence electrons. The van der Waals surface area contributed by atoms with Gasteiger partial charge in [-0.25, -0.2) is 0 Å². The maximum Gasteiger partial charge on any atom is 0.0820 e. The highest BCUT2D eigenvalue weighted by molar-refractivity contribution is 5.82. The van der Waals surface area contributed by atoms with Crippen LogP contribution in [0.3, 0.4) is 0 Å². The van der Waals surface area contributed by atoms with Gasteiger partial charge in [-0.3, -0.25) is 4.99 Å². The molecule has 1 heteroatoms. The molecule has 0 bridgehead atoms. The van der Waals surface area contributed by atoms with E-state index in [1.165, 1.54) is 22.3 Å². The standard InChI is InChI=1S/C22H19N/c1-3-9-17(10-4-1)21-15-19-13-7-8-14-20(19)16-23-22(21)18-11-5-2-6-12-18/h1-14,16,21-22H,15H2/t21-,22+/m1/s1. The van der Waals surface area contributed by atoms with E-state index < -0.39 is 0 Å². The summed E-state index contributed by atoms with van der Waals surface area (Å²) in [6, 6.07) is 30.2. The van der Waals surface area contributed by atoms with Crippen LogP contribution in [0.5, 0.6) is 0 Å². The first kappa shape index (κ1) is 14.0. The monoisotopic (exact) mass is 297 g/mol. The van der Waals surface area contributed by atoms with Crippen LogP contribution in [-0.2, 0) is 6.42 Å². The first-order valence-corrected chi connectivity index (χ1v) is 8.13. The van der Waals surface area contributed by atoms with Crippen LogP contribution in [-0.4, -0.2) is 6.21 Å². The van der Waals surface area contributed by atoms with E-state index >= 15 is 0 Å². The quantitative estimate of drug-likeness (QED) is 0.617. The molecule has 0 radical (unpaired) electrons. The first-order valence-electron chi connectivity index (χ1n) is 8.13. The van der Waals surface area contributed by atoms with Crippen molar-refractivity contribution in [1.82, 2.24) is 0 Å². The van der Waals surface area contributed by atoms with Crippen molar-refractivity contribution in [1.29, 1.82) is 0 Å². The molecule has 0 saturated heterocycles. The van der Waals surface area contributed by atoms with E-state index in [1.54, 1.807) is 0 Å². The van der Waals surface area contributed by atoms with Gasteiger partial charge in [0.25, 0.3) is 0 Å². The second kappa shape index (κ2) is 6.21. The Hall–Kier alpha value is -2.67. The van der Waals surface area contributed by atoms with Gasteiger partial charge in [-0.2, -0.15) is 0 Å². The minimum atomic E-state index is 0.158. The molecule has 1 heterocycles. The smallest absolute Gasteiger partial charge is 0.0820 e. The fraction of sp³-hybridized carbons (Fsp3) is 0.136. The summed E-state index contributed by atoms with van der Waals surface area (Å²) in [7, 11) is 0. The van der Waals surface area contributed by atoms with Gasteiger partial charge >= 0.3 is 0 Å². The fourth-order valence-corrected chi connectivity index (χ4v) is 3.43. The van der Waals surface area contributed by atoms with Crippen LogP contribution < -0.4 is 0 Å². The molecule has 0 spiro atoms. The molecular weight excluding hydrogens is 278 g/mol. The average Bonchev–Trinajstić information content (AvgIpc) is 2.83. The lowest BCUT2D eigenvalue weighted by Gasteiger charge is -2.24. The number of hydrogen-bond acceptors (Lipinski definition) is 1. The van der Waals surface area contributed by atoms with Crippen molar-refractivity contribution in [3.63, 3.8) is 0 Å². The lowest BCUT2D eigenvalue weighted by atomic mass is 9.83. The molecule has 1 aliphatic heterocycles. The van der Waals surface area contributed by atoms with Gasteiger partial charge in [0.1, 0.15) is 0 Å². The number of nitrogens with zero attached hydrogens (tertiary/aromatic N) is 1. The number of fused-ring (bicyclic) bond motifs is 1. The number of hydrogen-bond donors (Lipinski definition) is 0. The van der Waals surface area contributed by atoms with E-state index in [-0.39, 0.29) is 6.04 Å². The molecule has 0 unspecified atom stereocenters. The van der Waals surface area contributed by atoms with Gasteiger partial charge in [-0.05, 0) is 28.7 Å². The zero-order valence-electron chi connectivity index (χ0n) is 13.0. The van der Waals surface area contributed by atoms with Gasteiger partial charge in [0.05, 0.1) is 6.04 Å².